The number of nitrogens with one attached hydrogen (secondary N) is 1. The van der Waals surface area contributed by atoms with Gasteiger partial charge in [-0.15, -0.1) is 0 Å². The number of para-hydroxylation sites is 1. The van der Waals surface area contributed by atoms with E-state index in [0.29, 0.717) is 17.8 Å². The Morgan fingerprint density at radius 2 is 2.06 bits per heavy atom. The van der Waals surface area contributed by atoms with Crippen LogP contribution in [0.25, 0.3) is 11.0 Å². The summed E-state index contributed by atoms with van der Waals surface area (Å²) in [5, 5.41) is 10.4. The molecule has 172 valence electrons. The molecular formula is C22H19F3N4O4. The van der Waals surface area contributed by atoms with Crippen LogP contribution in [0.15, 0.2) is 39.4 Å². The first-order valence-electron chi connectivity index (χ1n) is 10.2. The number of amides is 1. The molecule has 2 N–H and O–H groups in total. The third-order valence-electron chi connectivity index (χ3n) is 5.57. The Labute approximate surface area is 185 Å². The molecule has 8 nitrogen and oxygen atoms in total. The van der Waals surface area contributed by atoms with Gasteiger partial charge in [0, 0.05) is 18.7 Å². The van der Waals surface area contributed by atoms with Crippen LogP contribution in [-0.4, -0.2) is 37.4 Å². The number of halogens is 3. The smallest absolute Gasteiger partial charge is 0.292 e. The summed E-state index contributed by atoms with van der Waals surface area (Å²) in [6, 6.07) is 5.33. The Balaban J connectivity index is 1.65. The molecule has 0 radical (unpaired) electrons. The van der Waals surface area contributed by atoms with E-state index in [1.807, 2.05) is 0 Å². The van der Waals surface area contributed by atoms with Crippen molar-refractivity contribution in [3.05, 3.63) is 70.9 Å². The number of carbonyl (C=O) groups is 1. The van der Waals surface area contributed by atoms with Crippen molar-refractivity contribution in [1.82, 2.24) is 19.9 Å². The van der Waals surface area contributed by atoms with Crippen LogP contribution >= 0.6 is 0 Å². The number of furan rings is 1. The molecular weight excluding hydrogens is 441 g/mol. The van der Waals surface area contributed by atoms with Crippen molar-refractivity contribution in [3.8, 4) is 0 Å². The predicted molar refractivity (Wildman–Crippen MR) is 108 cm³/mol. The van der Waals surface area contributed by atoms with Crippen LogP contribution < -0.4 is 0 Å². The molecule has 1 aromatic carbocycles. The molecule has 0 aliphatic carbocycles. The first-order chi connectivity index (χ1) is 15.7. The van der Waals surface area contributed by atoms with E-state index in [0.717, 1.165) is 0 Å². The van der Waals surface area contributed by atoms with Gasteiger partial charge in [-0.1, -0.05) is 12.1 Å². The minimum Gasteiger partial charge on any atom is -0.455 e. The monoisotopic (exact) mass is 460 g/mol. The summed E-state index contributed by atoms with van der Waals surface area (Å²) in [4.78, 5) is 25.5. The molecule has 0 bridgehead atoms. The average Bonchev–Trinajstić information content (AvgIpc) is 3.49. The highest BCUT2D eigenvalue weighted by Gasteiger charge is 2.42. The number of rotatable bonds is 4. The fourth-order valence-electron chi connectivity index (χ4n) is 3.99. The molecule has 0 fully saturated rings. The SMILES string of the molecule is CC(C)(O)c1nc(C(F)F)c(C(=O)N2CCc3[nH]cnc3[C@@H]2c2oc3ccccc3c2F)o1. The van der Waals surface area contributed by atoms with Gasteiger partial charge in [0.15, 0.2) is 17.3 Å². The van der Waals surface area contributed by atoms with Crippen LogP contribution in [0, 0.1) is 5.82 Å². The number of oxazole rings is 1. The molecule has 1 amide bonds. The maximum absolute atomic E-state index is 15.4. The van der Waals surface area contributed by atoms with Gasteiger partial charge in [-0.25, -0.2) is 23.1 Å². The summed E-state index contributed by atoms with van der Waals surface area (Å²) in [5.41, 5.74) is -1.30. The van der Waals surface area contributed by atoms with Crippen LogP contribution in [0.4, 0.5) is 13.2 Å². The first kappa shape index (κ1) is 21.3. The Morgan fingerprint density at radius 3 is 2.76 bits per heavy atom. The summed E-state index contributed by atoms with van der Waals surface area (Å²) in [7, 11) is 0. The van der Waals surface area contributed by atoms with E-state index < -0.39 is 47.1 Å². The van der Waals surface area contributed by atoms with E-state index in [9.17, 15) is 18.7 Å². The minimum absolute atomic E-state index is 0.0520. The van der Waals surface area contributed by atoms with E-state index >= 15 is 4.39 Å². The highest BCUT2D eigenvalue weighted by molar-refractivity contribution is 5.93. The van der Waals surface area contributed by atoms with Crippen LogP contribution in [0.2, 0.25) is 0 Å². The highest BCUT2D eigenvalue weighted by Crippen LogP contribution is 2.40. The number of aromatic amines is 1. The van der Waals surface area contributed by atoms with E-state index in [1.165, 1.54) is 25.1 Å². The second-order valence-electron chi connectivity index (χ2n) is 8.29. The zero-order valence-corrected chi connectivity index (χ0v) is 17.6. The third-order valence-corrected chi connectivity index (χ3v) is 5.57. The van der Waals surface area contributed by atoms with Crippen LogP contribution in [0.1, 0.15) is 65.6 Å². The van der Waals surface area contributed by atoms with Crippen LogP contribution in [0.3, 0.4) is 0 Å². The summed E-state index contributed by atoms with van der Waals surface area (Å²) >= 11 is 0. The van der Waals surface area contributed by atoms with Gasteiger partial charge in [0.05, 0.1) is 17.4 Å². The molecule has 11 heteroatoms. The van der Waals surface area contributed by atoms with Gasteiger partial charge in [-0.2, -0.15) is 0 Å². The molecule has 33 heavy (non-hydrogen) atoms. The van der Waals surface area contributed by atoms with Crippen LogP contribution in [-0.2, 0) is 12.0 Å². The lowest BCUT2D eigenvalue weighted by molar-refractivity contribution is 0.0437. The zero-order chi connectivity index (χ0) is 23.5. The van der Waals surface area contributed by atoms with Crippen LogP contribution in [0.5, 0.6) is 0 Å². The number of carbonyl (C=O) groups excluding carboxylic acids is 1. The molecule has 5 rings (SSSR count). The lowest BCUT2D eigenvalue weighted by Crippen LogP contribution is -2.41. The zero-order valence-electron chi connectivity index (χ0n) is 17.6. The number of aromatic nitrogens is 3. The molecule has 1 aliphatic rings. The third kappa shape index (κ3) is 3.39. The Hall–Kier alpha value is -3.60. The van der Waals surface area contributed by atoms with Gasteiger partial charge in [0.25, 0.3) is 12.3 Å². The highest BCUT2D eigenvalue weighted by atomic mass is 19.3. The Kier molecular flexibility index (Phi) is 4.82. The van der Waals surface area contributed by atoms with Gasteiger partial charge >= 0.3 is 0 Å². The number of hydrogen-bond acceptors (Lipinski definition) is 6. The fraction of sp³-hybridized carbons (Fsp3) is 0.318. The second kappa shape index (κ2) is 7.48. The van der Waals surface area contributed by atoms with Crippen molar-refractivity contribution in [3.63, 3.8) is 0 Å². The molecule has 0 unspecified atom stereocenters. The van der Waals surface area contributed by atoms with E-state index in [2.05, 4.69) is 15.0 Å². The molecule has 0 saturated carbocycles. The van der Waals surface area contributed by atoms with Gasteiger partial charge in [-0.05, 0) is 26.0 Å². The summed E-state index contributed by atoms with van der Waals surface area (Å²) < 4.78 is 53.8. The van der Waals surface area contributed by atoms with Crippen molar-refractivity contribution in [2.45, 2.75) is 38.3 Å². The van der Waals surface area contributed by atoms with E-state index in [4.69, 9.17) is 8.83 Å². The molecule has 1 atom stereocenters. The first-order valence-corrected chi connectivity index (χ1v) is 10.2. The molecule has 1 aliphatic heterocycles. The number of alkyl halides is 2. The maximum Gasteiger partial charge on any atom is 0.292 e. The van der Waals surface area contributed by atoms with Gasteiger partial charge in [0.2, 0.25) is 11.7 Å². The number of fused-ring (bicyclic) bond motifs is 2. The number of nitrogens with zero attached hydrogens (tertiary/aromatic N) is 3. The maximum atomic E-state index is 15.4. The summed E-state index contributed by atoms with van der Waals surface area (Å²) in [6.45, 7) is 2.65. The number of hydrogen-bond donors (Lipinski definition) is 2. The number of H-pyrrole nitrogens is 1. The van der Waals surface area contributed by atoms with Gasteiger partial charge < -0.3 is 23.8 Å². The number of benzene rings is 1. The second-order valence-corrected chi connectivity index (χ2v) is 8.29. The van der Waals surface area contributed by atoms with E-state index in [-0.39, 0.29) is 23.3 Å². The van der Waals surface area contributed by atoms with Gasteiger partial charge in [-0.3, -0.25) is 4.79 Å². The quantitative estimate of drug-likeness (QED) is 0.472. The van der Waals surface area contributed by atoms with Crippen molar-refractivity contribution in [2.24, 2.45) is 0 Å². The normalized spacial score (nSPS) is 16.6. The van der Waals surface area contributed by atoms with Gasteiger partial charge in [0.1, 0.15) is 17.2 Å². The van der Waals surface area contributed by atoms with E-state index in [1.54, 1.807) is 24.3 Å². The molecule has 3 aromatic heterocycles. The molecule has 0 spiro atoms. The molecule has 0 saturated heterocycles. The van der Waals surface area contributed by atoms with Crippen molar-refractivity contribution in [2.75, 3.05) is 6.54 Å². The number of aliphatic hydroxyl groups is 1. The standard InChI is InChI=1S/C22H19F3N4O4/c1-22(2,31)21-28-15(19(24)25)18(33-21)20(30)29-8-7-11-14(27-9-26-11)16(29)17-13(23)10-5-3-4-6-12(10)32-17/h3-6,9,16,19,31H,7-8H2,1-2H3,(H,26,27)/t16-/m1/s1. The predicted octanol–water partition coefficient (Wildman–Crippen LogP) is 4.24. The Morgan fingerprint density at radius 1 is 1.30 bits per heavy atom. The van der Waals surface area contributed by atoms with Crippen molar-refractivity contribution < 1.29 is 31.9 Å². The molecule has 4 aromatic rings. The topological polar surface area (TPSA) is 108 Å². The van der Waals surface area contributed by atoms with Crippen molar-refractivity contribution in [1.29, 1.82) is 0 Å². The summed E-state index contributed by atoms with van der Waals surface area (Å²) in [5.74, 6) is -2.92. The lowest BCUT2D eigenvalue weighted by atomic mass is 9.99. The average molecular weight is 460 g/mol. The number of imidazole rings is 1. The summed E-state index contributed by atoms with van der Waals surface area (Å²) in [6.07, 6.45) is -1.39. The Bertz CT molecular complexity index is 1350. The van der Waals surface area contributed by atoms with Crippen molar-refractivity contribution >= 4 is 16.9 Å². The molecule has 4 heterocycles. The minimum atomic E-state index is -3.13. The largest absolute Gasteiger partial charge is 0.455 e. The lowest BCUT2D eigenvalue weighted by Gasteiger charge is -2.33. The fourth-order valence-corrected chi connectivity index (χ4v) is 3.99.